The third-order valence-corrected chi connectivity index (χ3v) is 4.57. The first-order chi connectivity index (χ1) is 16.9. The molecule has 0 bridgehead atoms. The summed E-state index contributed by atoms with van der Waals surface area (Å²) >= 11 is 0. The van der Waals surface area contributed by atoms with Crippen molar-refractivity contribution in [3.63, 3.8) is 0 Å². The topological polar surface area (TPSA) is 160 Å². The van der Waals surface area contributed by atoms with Crippen molar-refractivity contribution in [2.75, 3.05) is 6.61 Å². The third-order valence-electron chi connectivity index (χ3n) is 4.57. The molecule has 1 saturated heterocycles. The fraction of sp³-hybridized carbons (Fsp3) is 0.125. The molecule has 0 radical (unpaired) electrons. The molecule has 1 aliphatic rings. The quantitative estimate of drug-likeness (QED) is 0.190. The zero-order valence-electron chi connectivity index (χ0n) is 18.2. The van der Waals surface area contributed by atoms with Crippen LogP contribution in [0.5, 0.6) is 5.75 Å². The number of aliphatic hydroxyl groups is 1. The number of aliphatic hydroxyl groups excluding tert-OH is 1. The number of urea groups is 1. The number of barbiturate groups is 1. The maximum absolute atomic E-state index is 12.3. The van der Waals surface area contributed by atoms with Gasteiger partial charge in [0.2, 0.25) is 0 Å². The molecular weight excluding hydrogens is 458 g/mol. The van der Waals surface area contributed by atoms with Gasteiger partial charge in [-0.2, -0.15) is 0 Å². The molecular formula is C24H21N3O8. The minimum absolute atomic E-state index is 0.000992. The van der Waals surface area contributed by atoms with E-state index in [1.807, 2.05) is 16.7 Å². The van der Waals surface area contributed by atoms with E-state index in [0.717, 1.165) is 5.56 Å². The zero-order chi connectivity index (χ0) is 25.2. The molecule has 1 fully saturated rings. The summed E-state index contributed by atoms with van der Waals surface area (Å²) in [7, 11) is 0. The highest BCUT2D eigenvalue weighted by Gasteiger charge is 2.27. The Labute approximate surface area is 199 Å². The van der Waals surface area contributed by atoms with E-state index < -0.39 is 42.6 Å². The molecule has 1 atom stereocenters. The summed E-state index contributed by atoms with van der Waals surface area (Å²) in [4.78, 5) is 58.6. The van der Waals surface area contributed by atoms with Gasteiger partial charge < -0.3 is 19.9 Å². The van der Waals surface area contributed by atoms with Gasteiger partial charge in [-0.25, -0.2) is 14.4 Å². The first kappa shape index (κ1) is 24.9. The van der Waals surface area contributed by atoms with Gasteiger partial charge in [0.25, 0.3) is 11.8 Å². The van der Waals surface area contributed by atoms with Gasteiger partial charge in [-0.1, -0.05) is 54.6 Å². The van der Waals surface area contributed by atoms with Crippen LogP contribution in [0, 0.1) is 0 Å². The van der Waals surface area contributed by atoms with E-state index in [0.29, 0.717) is 5.56 Å². The number of carbonyl (C=O) groups is 5. The Kier molecular flexibility index (Phi) is 8.46. The summed E-state index contributed by atoms with van der Waals surface area (Å²) in [5.74, 6) is -2.34. The summed E-state index contributed by atoms with van der Waals surface area (Å²) in [5.41, 5.74) is 1.18. The van der Waals surface area contributed by atoms with E-state index in [2.05, 4.69) is 5.32 Å². The number of allylic oxidation sites excluding steroid dienone is 2. The van der Waals surface area contributed by atoms with Gasteiger partial charge in [-0.05, 0) is 29.3 Å². The van der Waals surface area contributed by atoms with Crippen LogP contribution < -0.4 is 20.7 Å². The monoisotopic (exact) mass is 479 g/mol. The maximum atomic E-state index is 12.3. The van der Waals surface area contributed by atoms with E-state index in [9.17, 15) is 29.1 Å². The van der Waals surface area contributed by atoms with Gasteiger partial charge in [-0.15, -0.1) is 0 Å². The second-order valence-corrected chi connectivity index (χ2v) is 7.11. The average Bonchev–Trinajstić information content (AvgIpc) is 2.84. The number of hydrogen-bond acceptors (Lipinski definition) is 8. The van der Waals surface area contributed by atoms with Gasteiger partial charge in [0.05, 0.1) is 6.61 Å². The molecule has 2 aromatic rings. The summed E-state index contributed by atoms with van der Waals surface area (Å²) < 4.78 is 10.2. The number of esters is 1. The molecule has 3 rings (SSSR count). The highest BCUT2D eigenvalue weighted by Crippen LogP contribution is 2.14. The van der Waals surface area contributed by atoms with Crippen molar-refractivity contribution in [1.82, 2.24) is 16.0 Å². The predicted octanol–water partition coefficient (Wildman–Crippen LogP) is 1.18. The molecule has 1 heterocycles. The first-order valence-corrected chi connectivity index (χ1v) is 10.3. The largest absolute Gasteiger partial charge is 0.445 e. The molecule has 35 heavy (non-hydrogen) atoms. The molecule has 11 nitrogen and oxygen atoms in total. The van der Waals surface area contributed by atoms with Crippen LogP contribution in [0.1, 0.15) is 11.1 Å². The summed E-state index contributed by atoms with van der Waals surface area (Å²) in [5, 5.41) is 15.6. The Morgan fingerprint density at radius 2 is 1.63 bits per heavy atom. The lowest BCUT2D eigenvalue weighted by atomic mass is 10.1. The van der Waals surface area contributed by atoms with Gasteiger partial charge in [0, 0.05) is 0 Å². The number of nitrogens with one attached hydrogen (secondary N) is 3. The molecule has 4 N–H and O–H groups in total. The maximum Gasteiger partial charge on any atom is 0.408 e. The van der Waals surface area contributed by atoms with Gasteiger partial charge in [0.15, 0.2) is 6.04 Å². The van der Waals surface area contributed by atoms with Gasteiger partial charge >= 0.3 is 18.1 Å². The summed E-state index contributed by atoms with van der Waals surface area (Å²) in [6.45, 7) is -0.694. The Morgan fingerprint density at radius 1 is 0.971 bits per heavy atom. The molecule has 11 heteroatoms. The number of benzene rings is 2. The highest BCUT2D eigenvalue weighted by atomic mass is 16.6. The van der Waals surface area contributed by atoms with Crippen molar-refractivity contribution in [2.45, 2.75) is 12.6 Å². The predicted molar refractivity (Wildman–Crippen MR) is 122 cm³/mol. The Hall–Kier alpha value is -4.77. The van der Waals surface area contributed by atoms with Crippen molar-refractivity contribution in [3.8, 4) is 5.75 Å². The van der Waals surface area contributed by atoms with Crippen LogP contribution in [0.15, 0.2) is 72.3 Å². The number of carbonyl (C=O) groups excluding carboxylic acids is 5. The van der Waals surface area contributed by atoms with Crippen LogP contribution in [0.4, 0.5) is 9.59 Å². The van der Waals surface area contributed by atoms with Crippen LogP contribution >= 0.6 is 0 Å². The smallest absolute Gasteiger partial charge is 0.408 e. The van der Waals surface area contributed by atoms with E-state index in [1.54, 1.807) is 42.5 Å². The van der Waals surface area contributed by atoms with Crippen LogP contribution in [-0.2, 0) is 25.7 Å². The summed E-state index contributed by atoms with van der Waals surface area (Å²) in [6.07, 6.45) is 3.39. The van der Waals surface area contributed by atoms with Crippen LogP contribution in [0.3, 0.4) is 0 Å². The minimum Gasteiger partial charge on any atom is -0.445 e. The van der Waals surface area contributed by atoms with Crippen molar-refractivity contribution >= 4 is 36.0 Å². The van der Waals surface area contributed by atoms with Crippen LogP contribution in [0.2, 0.25) is 0 Å². The lowest BCUT2D eigenvalue weighted by Crippen LogP contribution is -2.51. The van der Waals surface area contributed by atoms with Gasteiger partial charge in [-0.3, -0.25) is 20.2 Å². The number of alkyl carbamates (subject to hydrolysis) is 1. The molecule has 0 saturated carbocycles. The summed E-state index contributed by atoms with van der Waals surface area (Å²) in [6, 6.07) is 12.9. The molecule has 0 unspecified atom stereocenters. The molecule has 0 aromatic heterocycles. The first-order valence-electron chi connectivity index (χ1n) is 10.3. The van der Waals surface area contributed by atoms with Gasteiger partial charge in [0.1, 0.15) is 17.9 Å². The van der Waals surface area contributed by atoms with Crippen molar-refractivity contribution in [1.29, 1.82) is 0 Å². The van der Waals surface area contributed by atoms with E-state index in [-0.39, 0.29) is 17.9 Å². The molecule has 2 aromatic carbocycles. The van der Waals surface area contributed by atoms with Crippen LogP contribution in [-0.4, -0.2) is 47.7 Å². The molecule has 1 aliphatic heterocycles. The number of ether oxygens (including phenoxy) is 2. The molecule has 0 aliphatic carbocycles. The van der Waals surface area contributed by atoms with Crippen molar-refractivity contribution in [3.05, 3.63) is 83.4 Å². The SMILES string of the molecule is O=C1NC(=O)C(=C/C=C/c2ccc(OC(=O)[C@H](CO)NC(=O)OCc3ccccc3)cc2)C(=O)N1. The molecule has 180 valence electrons. The van der Waals surface area contributed by atoms with E-state index in [4.69, 9.17) is 9.47 Å². The highest BCUT2D eigenvalue weighted by molar-refractivity contribution is 6.29. The normalized spacial score (nSPS) is 14.1. The lowest BCUT2D eigenvalue weighted by molar-refractivity contribution is -0.137. The van der Waals surface area contributed by atoms with Crippen molar-refractivity contribution in [2.24, 2.45) is 0 Å². The number of rotatable bonds is 8. The van der Waals surface area contributed by atoms with Crippen LogP contribution in [0.25, 0.3) is 6.08 Å². The number of hydrogen-bond donors (Lipinski definition) is 4. The fourth-order valence-electron chi connectivity index (χ4n) is 2.80. The molecule has 5 amide bonds. The second kappa shape index (κ2) is 11.9. The fourth-order valence-corrected chi connectivity index (χ4v) is 2.80. The zero-order valence-corrected chi connectivity index (χ0v) is 18.2. The van der Waals surface area contributed by atoms with Crippen molar-refractivity contribution < 1.29 is 38.6 Å². The van der Waals surface area contributed by atoms with E-state index >= 15 is 0 Å². The molecule has 0 spiro atoms. The Balaban J connectivity index is 1.51. The lowest BCUT2D eigenvalue weighted by Gasteiger charge is -2.15. The standard InChI is InChI=1S/C24H21N3O8/c28-13-19(25-24(33)34-14-16-5-2-1-3-6-16)22(31)35-17-11-9-15(10-12-17)7-4-8-18-20(29)26-23(32)27-21(18)30/h1-12,19,28H,13-14H2,(H,25,33)(H2,26,27,29,30,32)/b7-4+/t19-/m0/s1. The number of amides is 5. The average molecular weight is 479 g/mol. The second-order valence-electron chi connectivity index (χ2n) is 7.11. The minimum atomic E-state index is -1.33. The Bertz CT molecular complexity index is 1150. The van der Waals surface area contributed by atoms with E-state index in [1.165, 1.54) is 24.3 Å². The number of imide groups is 2. The Morgan fingerprint density at radius 3 is 2.26 bits per heavy atom. The third kappa shape index (κ3) is 7.37.